The maximum Gasteiger partial charge on any atom is 0.231 e. The number of methoxy groups -OCH3 is 2. The molecule has 0 aliphatic rings. The summed E-state index contributed by atoms with van der Waals surface area (Å²) >= 11 is 0. The highest BCUT2D eigenvalue weighted by molar-refractivity contribution is 7.92. The van der Waals surface area contributed by atoms with Crippen molar-refractivity contribution in [3.63, 3.8) is 0 Å². The summed E-state index contributed by atoms with van der Waals surface area (Å²) in [6.07, 6.45) is 0.993. The second-order valence-electron chi connectivity index (χ2n) is 7.05. The maximum absolute atomic E-state index is 11.8. The summed E-state index contributed by atoms with van der Waals surface area (Å²) in [6, 6.07) is 10.5. The number of benzene rings is 1. The molecular weight excluding hydrogens is 462 g/mol. The Kier molecular flexibility index (Phi) is 6.11. The number of para-hydroxylation sites is 1. The van der Waals surface area contributed by atoms with Crippen LogP contribution in [0.5, 0.6) is 17.4 Å². The lowest BCUT2D eigenvalue weighted by Gasteiger charge is -2.16. The molecule has 0 unspecified atom stereocenters. The quantitative estimate of drug-likeness (QED) is 0.379. The zero-order valence-electron chi connectivity index (χ0n) is 18.9. The van der Waals surface area contributed by atoms with Crippen LogP contribution in [0.15, 0.2) is 36.4 Å². The van der Waals surface area contributed by atoms with E-state index in [4.69, 9.17) is 19.9 Å². The van der Waals surface area contributed by atoms with Gasteiger partial charge in [0.15, 0.2) is 23.1 Å². The van der Waals surface area contributed by atoms with Gasteiger partial charge in [0.25, 0.3) is 0 Å². The fraction of sp³-hybridized carbons (Fsp3) is 0.238. The Labute approximate surface area is 195 Å². The lowest BCUT2D eigenvalue weighted by atomic mass is 10.2. The summed E-state index contributed by atoms with van der Waals surface area (Å²) in [4.78, 5) is 17.9. The van der Waals surface area contributed by atoms with Gasteiger partial charge in [0, 0.05) is 6.07 Å². The minimum atomic E-state index is -3.67. The molecule has 0 amide bonds. The number of hydrogen-bond donors (Lipinski definition) is 2. The molecule has 0 saturated carbocycles. The molecule has 1 aromatic carbocycles. The summed E-state index contributed by atoms with van der Waals surface area (Å²) in [6.45, 7) is 2.30. The van der Waals surface area contributed by atoms with Gasteiger partial charge >= 0.3 is 0 Å². The van der Waals surface area contributed by atoms with E-state index in [0.717, 1.165) is 6.26 Å². The van der Waals surface area contributed by atoms with E-state index in [2.05, 4.69) is 24.7 Å². The SMILES string of the molecule is CCOc1cccc(-c2nc3nc(N)c(NS(C)(=O)=O)nc3n2-c2c(OC)cccc2OC)n1. The molecule has 3 N–H and O–H groups in total. The number of nitrogen functional groups attached to an aromatic ring is 1. The van der Waals surface area contributed by atoms with Crippen LogP contribution >= 0.6 is 0 Å². The van der Waals surface area contributed by atoms with E-state index < -0.39 is 10.0 Å². The molecule has 0 saturated heterocycles. The topological polar surface area (TPSA) is 156 Å². The summed E-state index contributed by atoms with van der Waals surface area (Å²) in [5.41, 5.74) is 7.28. The third kappa shape index (κ3) is 4.37. The molecule has 13 heteroatoms. The number of sulfonamides is 1. The van der Waals surface area contributed by atoms with E-state index in [0.29, 0.717) is 41.2 Å². The fourth-order valence-electron chi connectivity index (χ4n) is 3.36. The van der Waals surface area contributed by atoms with Gasteiger partial charge in [0.1, 0.15) is 22.9 Å². The van der Waals surface area contributed by atoms with Crippen molar-refractivity contribution in [3.05, 3.63) is 36.4 Å². The van der Waals surface area contributed by atoms with Crippen LogP contribution in [0.25, 0.3) is 28.5 Å². The van der Waals surface area contributed by atoms with Gasteiger partial charge in [-0.1, -0.05) is 12.1 Å². The van der Waals surface area contributed by atoms with Crippen LogP contribution < -0.4 is 24.7 Å². The fourth-order valence-corrected chi connectivity index (χ4v) is 3.86. The van der Waals surface area contributed by atoms with Crippen molar-refractivity contribution in [2.24, 2.45) is 0 Å². The van der Waals surface area contributed by atoms with Gasteiger partial charge in [-0.15, -0.1) is 0 Å². The van der Waals surface area contributed by atoms with Gasteiger partial charge in [0.2, 0.25) is 21.6 Å². The molecule has 0 spiro atoms. The van der Waals surface area contributed by atoms with Crippen molar-refractivity contribution in [3.8, 4) is 34.6 Å². The number of imidazole rings is 1. The molecule has 0 aliphatic carbocycles. The average molecular weight is 486 g/mol. The summed E-state index contributed by atoms with van der Waals surface area (Å²) in [7, 11) is -0.631. The maximum atomic E-state index is 11.8. The van der Waals surface area contributed by atoms with Crippen LogP contribution in [0.1, 0.15) is 6.92 Å². The molecular formula is C21H23N7O5S. The number of anilines is 2. The molecule has 178 valence electrons. The van der Waals surface area contributed by atoms with Crippen molar-refractivity contribution < 1.29 is 22.6 Å². The number of aromatic nitrogens is 5. The minimum absolute atomic E-state index is 0.128. The number of rotatable bonds is 8. The zero-order valence-corrected chi connectivity index (χ0v) is 19.8. The van der Waals surface area contributed by atoms with E-state index in [1.54, 1.807) is 41.0 Å². The van der Waals surface area contributed by atoms with Crippen molar-refractivity contribution in [1.29, 1.82) is 0 Å². The molecule has 12 nitrogen and oxygen atoms in total. The standard InChI is InChI=1S/C21H23N7O5S/c1-5-33-15-11-6-8-12(23-15)20-26-19-21(25-18(17(22)24-19)27-34(4,29)30)28(20)16-13(31-2)9-7-10-14(16)32-3/h6-11H,5H2,1-4H3,(H2,22,24)(H,25,27). The molecule has 0 bridgehead atoms. The predicted molar refractivity (Wildman–Crippen MR) is 127 cm³/mol. The molecule has 4 aromatic rings. The minimum Gasteiger partial charge on any atom is -0.494 e. The van der Waals surface area contributed by atoms with Crippen LogP contribution in [0.2, 0.25) is 0 Å². The highest BCUT2D eigenvalue weighted by atomic mass is 32.2. The monoisotopic (exact) mass is 485 g/mol. The molecule has 0 radical (unpaired) electrons. The Morgan fingerprint density at radius 3 is 2.29 bits per heavy atom. The van der Waals surface area contributed by atoms with Crippen molar-refractivity contribution in [2.75, 3.05) is 37.5 Å². The first-order chi connectivity index (χ1) is 16.3. The third-order valence-electron chi connectivity index (χ3n) is 4.67. The van der Waals surface area contributed by atoms with Crippen LogP contribution in [0, 0.1) is 0 Å². The zero-order chi connectivity index (χ0) is 24.5. The Balaban J connectivity index is 2.10. The van der Waals surface area contributed by atoms with Gasteiger partial charge in [-0.2, -0.15) is 0 Å². The second-order valence-corrected chi connectivity index (χ2v) is 8.80. The van der Waals surface area contributed by atoms with Gasteiger partial charge in [-0.25, -0.2) is 28.4 Å². The van der Waals surface area contributed by atoms with Gasteiger partial charge in [0.05, 0.1) is 27.1 Å². The number of fused-ring (bicyclic) bond motifs is 1. The molecule has 3 heterocycles. The lowest BCUT2D eigenvalue weighted by molar-refractivity contribution is 0.327. The van der Waals surface area contributed by atoms with Crippen LogP contribution in [0.4, 0.5) is 11.6 Å². The first-order valence-corrected chi connectivity index (χ1v) is 12.0. The summed E-state index contributed by atoms with van der Waals surface area (Å²) in [5.74, 6) is 1.40. The number of hydrogen-bond acceptors (Lipinski definition) is 10. The molecule has 4 rings (SSSR count). The van der Waals surface area contributed by atoms with E-state index in [-0.39, 0.29) is 22.9 Å². The van der Waals surface area contributed by atoms with Crippen LogP contribution in [0.3, 0.4) is 0 Å². The van der Waals surface area contributed by atoms with Crippen LogP contribution in [-0.4, -0.2) is 60.0 Å². The van der Waals surface area contributed by atoms with E-state index >= 15 is 0 Å². The van der Waals surface area contributed by atoms with Gasteiger partial charge in [-0.3, -0.25) is 9.29 Å². The molecule has 3 aromatic heterocycles. The number of pyridine rings is 1. The second kappa shape index (κ2) is 9.02. The Hall–Kier alpha value is -4.13. The summed E-state index contributed by atoms with van der Waals surface area (Å²) in [5, 5.41) is 0. The smallest absolute Gasteiger partial charge is 0.231 e. The first kappa shape index (κ1) is 23.0. The number of nitrogens with two attached hydrogens (primary N) is 1. The molecule has 0 atom stereocenters. The van der Waals surface area contributed by atoms with Crippen molar-refractivity contribution in [1.82, 2.24) is 24.5 Å². The highest BCUT2D eigenvalue weighted by Gasteiger charge is 2.25. The van der Waals surface area contributed by atoms with E-state index in [9.17, 15) is 8.42 Å². The van der Waals surface area contributed by atoms with E-state index in [1.807, 2.05) is 6.92 Å². The van der Waals surface area contributed by atoms with Crippen LogP contribution in [-0.2, 0) is 10.0 Å². The number of ether oxygens (including phenoxy) is 3. The molecule has 34 heavy (non-hydrogen) atoms. The molecule has 0 aliphatic heterocycles. The predicted octanol–water partition coefficient (Wildman–Crippen LogP) is 2.25. The van der Waals surface area contributed by atoms with Crippen molar-refractivity contribution >= 4 is 33.0 Å². The van der Waals surface area contributed by atoms with E-state index in [1.165, 1.54) is 14.2 Å². The summed E-state index contributed by atoms with van der Waals surface area (Å²) < 4.78 is 44.3. The first-order valence-electron chi connectivity index (χ1n) is 10.1. The van der Waals surface area contributed by atoms with Gasteiger partial charge < -0.3 is 19.9 Å². The third-order valence-corrected chi connectivity index (χ3v) is 5.24. The Morgan fingerprint density at radius 1 is 1.00 bits per heavy atom. The van der Waals surface area contributed by atoms with Crippen molar-refractivity contribution in [2.45, 2.75) is 6.92 Å². The Morgan fingerprint density at radius 2 is 1.68 bits per heavy atom. The average Bonchev–Trinajstić information content (AvgIpc) is 3.15. The number of nitrogens with zero attached hydrogens (tertiary/aromatic N) is 5. The van der Waals surface area contributed by atoms with Gasteiger partial charge in [-0.05, 0) is 25.1 Å². The Bertz CT molecular complexity index is 1450. The largest absolute Gasteiger partial charge is 0.494 e. The highest BCUT2D eigenvalue weighted by Crippen LogP contribution is 2.38. The lowest BCUT2D eigenvalue weighted by Crippen LogP contribution is -2.14. The normalized spacial score (nSPS) is 11.4. The number of nitrogens with one attached hydrogen (secondary N) is 1. The molecule has 0 fully saturated rings.